The van der Waals surface area contributed by atoms with Gasteiger partial charge in [0, 0.05) is 16.9 Å². The monoisotopic (exact) mass is 632 g/mol. The number of ether oxygens (including phenoxy) is 2. The summed E-state index contributed by atoms with van der Waals surface area (Å²) in [6.45, 7) is 0. The maximum absolute atomic E-state index is 15.1. The predicted molar refractivity (Wildman–Crippen MR) is 184 cm³/mol. The summed E-state index contributed by atoms with van der Waals surface area (Å²) >= 11 is 0. The number of hydrogen-bond acceptors (Lipinski definition) is 6. The summed E-state index contributed by atoms with van der Waals surface area (Å²) in [4.78, 5) is 46.7. The van der Waals surface area contributed by atoms with Crippen LogP contribution in [0.1, 0.15) is 38.7 Å². The Morgan fingerprint density at radius 3 is 2.08 bits per heavy atom. The molecule has 0 aromatic heterocycles. The van der Waals surface area contributed by atoms with Crippen LogP contribution in [-0.2, 0) is 19.7 Å². The third-order valence-electron chi connectivity index (χ3n) is 9.88. The van der Waals surface area contributed by atoms with Gasteiger partial charge in [0.25, 0.3) is 0 Å². The molecule has 3 heterocycles. The molecule has 4 atom stereocenters. The number of ketones is 1. The number of hydrogen-bond donors (Lipinski definition) is 1. The molecule has 8 rings (SSSR count). The normalized spacial score (nSPS) is 21.8. The van der Waals surface area contributed by atoms with Crippen LogP contribution < -0.4 is 15.0 Å². The van der Waals surface area contributed by atoms with Crippen LogP contribution in [0.25, 0.3) is 6.08 Å². The quantitative estimate of drug-likeness (QED) is 0.154. The summed E-state index contributed by atoms with van der Waals surface area (Å²) in [5.74, 6) is -1.80. The van der Waals surface area contributed by atoms with Gasteiger partial charge in [0.05, 0.1) is 19.1 Å². The largest absolute Gasteiger partial charge is 0.497 e. The number of esters is 1. The number of benzene rings is 5. The Bertz CT molecular complexity index is 2020. The maximum atomic E-state index is 15.1. The summed E-state index contributed by atoms with van der Waals surface area (Å²) in [5.41, 5.74) is 3.47. The highest BCUT2D eigenvalue weighted by Gasteiger charge is 2.71. The van der Waals surface area contributed by atoms with Gasteiger partial charge in [0.15, 0.2) is 11.9 Å². The molecule has 0 bridgehead atoms. The molecule has 3 aliphatic rings. The minimum absolute atomic E-state index is 0.326. The Morgan fingerprint density at radius 2 is 1.40 bits per heavy atom. The van der Waals surface area contributed by atoms with Crippen molar-refractivity contribution in [2.75, 3.05) is 17.3 Å². The Labute approximate surface area is 278 Å². The molecule has 0 unspecified atom stereocenters. The standard InChI is InChI=1S/C41H32N2O5/c1-47-30-23-20-27(21-24-30)37(44)35-36(39(45)48-38(28-13-4-2-5-14-28)29-15-6-3-7-16-29)43-33-19-11-8-12-26(33)22-25-34(43)41(35)31-17-9-10-18-32(31)42-40(41)46/h2-25,34-36,38H,1H3,(H,42,46)/t34-,35-,36+,41-/m0/s1. The molecule has 7 heteroatoms. The highest BCUT2D eigenvalue weighted by molar-refractivity contribution is 6.16. The SMILES string of the molecule is COc1ccc(C(=O)[C@@H]2[C@H](C(=O)OC(c3ccccc3)c3ccccc3)N3c4ccccc4C=C[C@H]3[C@]23C(=O)Nc2ccccc23)cc1. The van der Waals surface area contributed by atoms with Gasteiger partial charge in [-0.3, -0.25) is 9.59 Å². The van der Waals surface area contributed by atoms with Crippen LogP contribution >= 0.6 is 0 Å². The van der Waals surface area contributed by atoms with Crippen LogP contribution in [0.2, 0.25) is 0 Å². The second kappa shape index (κ2) is 11.7. The zero-order valence-corrected chi connectivity index (χ0v) is 26.2. The van der Waals surface area contributed by atoms with Gasteiger partial charge in [-0.15, -0.1) is 0 Å². The molecular weight excluding hydrogens is 600 g/mol. The van der Waals surface area contributed by atoms with Crippen molar-refractivity contribution in [2.24, 2.45) is 5.92 Å². The van der Waals surface area contributed by atoms with Crippen molar-refractivity contribution in [1.82, 2.24) is 0 Å². The lowest BCUT2D eigenvalue weighted by atomic mass is 9.64. The third-order valence-corrected chi connectivity index (χ3v) is 9.88. The van der Waals surface area contributed by atoms with E-state index < -0.39 is 35.5 Å². The van der Waals surface area contributed by atoms with Crippen molar-refractivity contribution >= 4 is 35.1 Å². The number of rotatable bonds is 7. The zero-order valence-electron chi connectivity index (χ0n) is 26.2. The number of methoxy groups -OCH3 is 1. The lowest BCUT2D eigenvalue weighted by Crippen LogP contribution is -2.51. The number of amides is 1. The first kappa shape index (κ1) is 29.5. The molecule has 7 nitrogen and oxygen atoms in total. The molecule has 1 saturated heterocycles. The lowest BCUT2D eigenvalue weighted by molar-refractivity contribution is -0.150. The van der Waals surface area contributed by atoms with Gasteiger partial charge in [-0.25, -0.2) is 4.79 Å². The van der Waals surface area contributed by atoms with Crippen LogP contribution in [-0.4, -0.2) is 36.9 Å². The van der Waals surface area contributed by atoms with Gasteiger partial charge < -0.3 is 19.7 Å². The Hall–Kier alpha value is -5.95. The van der Waals surface area contributed by atoms with Crippen molar-refractivity contribution in [3.63, 3.8) is 0 Å². The molecule has 1 spiro atoms. The Morgan fingerprint density at radius 1 is 0.771 bits per heavy atom. The van der Waals surface area contributed by atoms with E-state index in [1.165, 1.54) is 0 Å². The topological polar surface area (TPSA) is 84.9 Å². The predicted octanol–water partition coefficient (Wildman–Crippen LogP) is 7.00. The first-order valence-corrected chi connectivity index (χ1v) is 16.0. The number of nitrogens with one attached hydrogen (secondary N) is 1. The van der Waals surface area contributed by atoms with Crippen molar-refractivity contribution in [2.45, 2.75) is 23.6 Å². The molecule has 5 aromatic rings. The number of fused-ring (bicyclic) bond motifs is 6. The summed E-state index contributed by atoms with van der Waals surface area (Å²) < 4.78 is 11.9. The number of Topliss-reactive ketones (excluding diaryl/α,β-unsaturated/α-hetero) is 1. The van der Waals surface area contributed by atoms with E-state index in [0.717, 1.165) is 22.4 Å². The smallest absolute Gasteiger partial charge is 0.330 e. The fourth-order valence-electron chi connectivity index (χ4n) is 7.80. The minimum Gasteiger partial charge on any atom is -0.497 e. The molecule has 0 aliphatic carbocycles. The van der Waals surface area contributed by atoms with E-state index in [2.05, 4.69) is 5.32 Å². The van der Waals surface area contributed by atoms with E-state index in [0.29, 0.717) is 22.6 Å². The third kappa shape index (κ3) is 4.46. The number of para-hydroxylation sites is 2. The minimum atomic E-state index is -1.43. The van der Waals surface area contributed by atoms with Crippen LogP contribution in [0.15, 0.2) is 140 Å². The van der Waals surface area contributed by atoms with Crippen LogP contribution in [0.4, 0.5) is 11.4 Å². The molecule has 1 fully saturated rings. The van der Waals surface area contributed by atoms with Crippen LogP contribution in [0, 0.1) is 5.92 Å². The second-order valence-electron chi connectivity index (χ2n) is 12.3. The zero-order chi connectivity index (χ0) is 32.8. The summed E-state index contributed by atoms with van der Waals surface area (Å²) in [7, 11) is 1.56. The van der Waals surface area contributed by atoms with E-state index in [-0.39, 0.29) is 11.7 Å². The van der Waals surface area contributed by atoms with Crippen LogP contribution in [0.3, 0.4) is 0 Å². The highest BCUT2D eigenvalue weighted by atomic mass is 16.5. The van der Waals surface area contributed by atoms with E-state index in [4.69, 9.17) is 9.47 Å². The Kier molecular flexibility index (Phi) is 7.17. The maximum Gasteiger partial charge on any atom is 0.330 e. The van der Waals surface area contributed by atoms with Crippen molar-refractivity contribution in [1.29, 1.82) is 0 Å². The van der Waals surface area contributed by atoms with Gasteiger partial charge in [-0.2, -0.15) is 0 Å². The summed E-state index contributed by atoms with van der Waals surface area (Å²) in [6.07, 6.45) is 3.19. The molecule has 1 N–H and O–H groups in total. The summed E-state index contributed by atoms with van der Waals surface area (Å²) in [5, 5.41) is 3.07. The van der Waals surface area contributed by atoms with Gasteiger partial charge >= 0.3 is 5.97 Å². The molecule has 3 aliphatic heterocycles. The van der Waals surface area contributed by atoms with E-state index >= 15 is 9.59 Å². The van der Waals surface area contributed by atoms with Gasteiger partial charge in [0.2, 0.25) is 5.91 Å². The second-order valence-corrected chi connectivity index (χ2v) is 12.3. The molecular formula is C41H32N2O5. The van der Waals surface area contributed by atoms with Gasteiger partial charge in [-0.1, -0.05) is 109 Å². The fraction of sp³-hybridized carbons (Fsp3) is 0.146. The average molecular weight is 633 g/mol. The number of carbonyl (C=O) groups excluding carboxylic acids is 3. The first-order chi connectivity index (χ1) is 23.5. The van der Waals surface area contributed by atoms with E-state index in [1.807, 2.05) is 126 Å². The van der Waals surface area contributed by atoms with E-state index in [1.54, 1.807) is 31.4 Å². The average Bonchev–Trinajstić information content (AvgIpc) is 3.63. The van der Waals surface area contributed by atoms with Crippen molar-refractivity contribution in [3.8, 4) is 5.75 Å². The molecule has 0 radical (unpaired) electrons. The molecule has 1 amide bonds. The fourth-order valence-corrected chi connectivity index (χ4v) is 7.80. The number of anilines is 2. The van der Waals surface area contributed by atoms with Gasteiger partial charge in [0.1, 0.15) is 17.2 Å². The van der Waals surface area contributed by atoms with Crippen molar-refractivity contribution < 1.29 is 23.9 Å². The lowest BCUT2D eigenvalue weighted by Gasteiger charge is -2.37. The molecule has 236 valence electrons. The summed E-state index contributed by atoms with van der Waals surface area (Å²) in [6, 6.07) is 39.3. The Balaban J connectivity index is 1.35. The highest BCUT2D eigenvalue weighted by Crippen LogP contribution is 2.58. The molecule has 5 aromatic carbocycles. The van der Waals surface area contributed by atoms with Crippen LogP contribution in [0.5, 0.6) is 5.75 Å². The molecule has 0 saturated carbocycles. The van der Waals surface area contributed by atoms with Crippen molar-refractivity contribution in [3.05, 3.63) is 167 Å². The number of carbonyl (C=O) groups is 3. The molecule has 48 heavy (non-hydrogen) atoms. The number of nitrogens with zero attached hydrogens (tertiary/aromatic N) is 1. The van der Waals surface area contributed by atoms with E-state index in [9.17, 15) is 4.79 Å². The van der Waals surface area contributed by atoms with Gasteiger partial charge in [-0.05, 0) is 58.7 Å². The first-order valence-electron chi connectivity index (χ1n) is 16.0.